The lowest BCUT2D eigenvalue weighted by molar-refractivity contribution is -0.208. The highest BCUT2D eigenvalue weighted by atomic mass is 16.5. The van der Waals surface area contributed by atoms with Gasteiger partial charge < -0.3 is 25.5 Å². The van der Waals surface area contributed by atoms with E-state index < -0.39 is 17.1 Å². The monoisotopic (exact) mass is 408 g/mol. The van der Waals surface area contributed by atoms with Crippen molar-refractivity contribution in [2.75, 3.05) is 6.61 Å². The third-order valence-electron chi connectivity index (χ3n) is 9.92. The molecule has 0 aromatic carbocycles. The standard InChI is InChI=1S/C23H34O5.H2O/c1-21-7-5-15(24)10-14(21)3-4-17-16(21)6-8-22(2)20(13-9-19(26)28-12-13)18(25)11-23(17,22)27;/h9,14-18,20,24-25,27H,3-8,10-12H2,1-2H3;1H2/t14-,15+,16+,17-,18+,20+,21+,22-,23+;/m1./s1. The highest BCUT2D eigenvalue weighted by Crippen LogP contribution is 2.69. The molecule has 0 aromatic rings. The number of rotatable bonds is 1. The molecular weight excluding hydrogens is 372 g/mol. The maximum absolute atomic E-state index is 12.1. The maximum Gasteiger partial charge on any atom is 0.331 e. The Kier molecular flexibility index (Phi) is 4.97. The first-order valence-corrected chi connectivity index (χ1v) is 11.1. The van der Waals surface area contributed by atoms with Crippen LogP contribution in [-0.2, 0) is 9.53 Å². The average Bonchev–Trinajstić information content (AvgIpc) is 3.13. The molecule has 0 radical (unpaired) electrons. The molecule has 0 aromatic heterocycles. The van der Waals surface area contributed by atoms with Crippen LogP contribution in [-0.4, -0.2) is 51.2 Å². The Bertz CT molecular complexity index is 720. The molecule has 0 spiro atoms. The summed E-state index contributed by atoms with van der Waals surface area (Å²) >= 11 is 0. The van der Waals surface area contributed by atoms with Crippen molar-refractivity contribution in [3.8, 4) is 0 Å². The van der Waals surface area contributed by atoms with Gasteiger partial charge in [0.25, 0.3) is 0 Å². The van der Waals surface area contributed by atoms with Crippen molar-refractivity contribution in [3.05, 3.63) is 11.6 Å². The Labute approximate surface area is 172 Å². The fraction of sp³-hybridized carbons (Fsp3) is 0.870. The zero-order valence-electron chi connectivity index (χ0n) is 17.6. The van der Waals surface area contributed by atoms with Crippen molar-refractivity contribution in [1.29, 1.82) is 0 Å². The van der Waals surface area contributed by atoms with Crippen LogP contribution in [0.2, 0.25) is 0 Å². The van der Waals surface area contributed by atoms with Crippen LogP contribution in [0.25, 0.3) is 0 Å². The minimum absolute atomic E-state index is 0. The SMILES string of the molecule is C[C@]12CC[C@H](O)C[C@H]1CC[C@@H]1[C@@H]2CC[C@]2(C)[C@@H](C3=CC(=O)OC3)[C@@H](O)C[C@]12O.O. The quantitative estimate of drug-likeness (QED) is 0.571. The first-order chi connectivity index (χ1) is 13.2. The van der Waals surface area contributed by atoms with E-state index in [4.69, 9.17) is 4.74 Å². The minimum Gasteiger partial charge on any atom is -0.458 e. The van der Waals surface area contributed by atoms with E-state index in [0.717, 1.165) is 50.5 Å². The second-order valence-corrected chi connectivity index (χ2v) is 10.9. The number of hydrogen-bond donors (Lipinski definition) is 3. The lowest BCUT2D eigenvalue weighted by atomic mass is 9.43. The molecule has 0 saturated heterocycles. The summed E-state index contributed by atoms with van der Waals surface area (Å²) < 4.78 is 5.14. The van der Waals surface area contributed by atoms with E-state index in [-0.39, 0.29) is 41.4 Å². The molecule has 9 atom stereocenters. The highest BCUT2D eigenvalue weighted by Gasteiger charge is 2.70. The molecule has 29 heavy (non-hydrogen) atoms. The molecule has 0 amide bonds. The van der Waals surface area contributed by atoms with E-state index in [9.17, 15) is 20.1 Å². The van der Waals surface area contributed by atoms with Crippen LogP contribution in [0.1, 0.15) is 65.2 Å². The number of aliphatic hydroxyl groups excluding tert-OH is 2. The molecule has 4 fully saturated rings. The van der Waals surface area contributed by atoms with Gasteiger partial charge in [0.2, 0.25) is 0 Å². The summed E-state index contributed by atoms with van der Waals surface area (Å²) in [5.41, 5.74) is -0.301. The molecule has 5 aliphatic rings. The summed E-state index contributed by atoms with van der Waals surface area (Å²) in [5.74, 6) is 0.627. The zero-order chi connectivity index (χ0) is 19.9. The van der Waals surface area contributed by atoms with Crippen molar-refractivity contribution in [1.82, 2.24) is 0 Å². The van der Waals surface area contributed by atoms with Gasteiger partial charge in [-0.15, -0.1) is 0 Å². The van der Waals surface area contributed by atoms with E-state index in [1.807, 2.05) is 0 Å². The van der Waals surface area contributed by atoms with Gasteiger partial charge in [-0.05, 0) is 73.7 Å². The van der Waals surface area contributed by atoms with Crippen molar-refractivity contribution in [2.45, 2.75) is 83.0 Å². The van der Waals surface area contributed by atoms with E-state index in [0.29, 0.717) is 18.3 Å². The molecule has 5 N–H and O–H groups in total. The molecule has 4 aliphatic carbocycles. The van der Waals surface area contributed by atoms with Crippen LogP contribution in [0, 0.1) is 34.5 Å². The lowest BCUT2D eigenvalue weighted by Crippen LogP contribution is -2.62. The number of esters is 1. The molecule has 164 valence electrons. The van der Waals surface area contributed by atoms with Gasteiger partial charge in [0.15, 0.2) is 0 Å². The average molecular weight is 409 g/mol. The first-order valence-electron chi connectivity index (χ1n) is 11.1. The van der Waals surface area contributed by atoms with E-state index >= 15 is 0 Å². The molecule has 4 saturated carbocycles. The Morgan fingerprint density at radius 2 is 1.83 bits per heavy atom. The molecule has 0 unspecified atom stereocenters. The van der Waals surface area contributed by atoms with Crippen LogP contribution in [0.5, 0.6) is 0 Å². The second kappa shape index (κ2) is 6.78. The molecule has 1 heterocycles. The molecule has 6 heteroatoms. The van der Waals surface area contributed by atoms with Crippen LogP contribution in [0.15, 0.2) is 11.6 Å². The Morgan fingerprint density at radius 3 is 2.52 bits per heavy atom. The van der Waals surface area contributed by atoms with Gasteiger partial charge in [0.05, 0.1) is 17.8 Å². The summed E-state index contributed by atoms with van der Waals surface area (Å²) in [6.45, 7) is 4.77. The third-order valence-corrected chi connectivity index (χ3v) is 9.92. The molecular formula is C23H36O6. The highest BCUT2D eigenvalue weighted by molar-refractivity contribution is 5.85. The van der Waals surface area contributed by atoms with Gasteiger partial charge in [-0.3, -0.25) is 0 Å². The fourth-order valence-corrected chi connectivity index (χ4v) is 8.47. The van der Waals surface area contributed by atoms with Gasteiger partial charge in [0, 0.05) is 23.8 Å². The lowest BCUT2D eigenvalue weighted by Gasteiger charge is -2.63. The third kappa shape index (κ3) is 2.72. The van der Waals surface area contributed by atoms with Crippen LogP contribution in [0.3, 0.4) is 0 Å². The van der Waals surface area contributed by atoms with Crippen LogP contribution >= 0.6 is 0 Å². The van der Waals surface area contributed by atoms with Crippen LogP contribution in [0.4, 0.5) is 0 Å². The largest absolute Gasteiger partial charge is 0.458 e. The van der Waals surface area contributed by atoms with Crippen molar-refractivity contribution in [2.24, 2.45) is 34.5 Å². The number of carbonyl (C=O) groups excluding carboxylic acids is 1. The predicted molar refractivity (Wildman–Crippen MR) is 107 cm³/mol. The number of carbonyl (C=O) groups is 1. The summed E-state index contributed by atoms with van der Waals surface area (Å²) in [4.78, 5) is 11.7. The summed E-state index contributed by atoms with van der Waals surface area (Å²) in [5, 5.41) is 33.3. The molecule has 1 aliphatic heterocycles. The molecule has 5 rings (SSSR count). The predicted octanol–water partition coefficient (Wildman–Crippen LogP) is 1.75. The van der Waals surface area contributed by atoms with Crippen molar-refractivity contribution < 1.29 is 30.3 Å². The van der Waals surface area contributed by atoms with E-state index in [1.54, 1.807) is 0 Å². The first kappa shape index (κ1) is 21.3. The zero-order valence-corrected chi connectivity index (χ0v) is 17.6. The van der Waals surface area contributed by atoms with Gasteiger partial charge in [0.1, 0.15) is 6.61 Å². The van der Waals surface area contributed by atoms with Crippen molar-refractivity contribution in [3.63, 3.8) is 0 Å². The second-order valence-electron chi connectivity index (χ2n) is 10.9. The minimum atomic E-state index is -0.906. The van der Waals surface area contributed by atoms with E-state index in [2.05, 4.69) is 13.8 Å². The summed E-state index contributed by atoms with van der Waals surface area (Å²) in [6, 6.07) is 0. The molecule has 6 nitrogen and oxygen atoms in total. The number of cyclic esters (lactones) is 1. The van der Waals surface area contributed by atoms with E-state index in [1.165, 1.54) is 6.08 Å². The maximum atomic E-state index is 12.1. The number of aliphatic hydroxyl groups is 3. The summed E-state index contributed by atoms with van der Waals surface area (Å²) in [6.07, 6.45) is 7.87. The van der Waals surface area contributed by atoms with Crippen LogP contribution < -0.4 is 0 Å². The van der Waals surface area contributed by atoms with Gasteiger partial charge in [-0.1, -0.05) is 13.8 Å². The van der Waals surface area contributed by atoms with Gasteiger partial charge in [-0.2, -0.15) is 0 Å². The smallest absolute Gasteiger partial charge is 0.331 e. The molecule has 0 bridgehead atoms. The Balaban J connectivity index is 0.00000205. The van der Waals surface area contributed by atoms with Gasteiger partial charge in [-0.25, -0.2) is 4.79 Å². The Morgan fingerprint density at radius 1 is 1.07 bits per heavy atom. The topological polar surface area (TPSA) is 118 Å². The fourth-order valence-electron chi connectivity index (χ4n) is 8.47. The number of ether oxygens (including phenoxy) is 1. The summed E-state index contributed by atoms with van der Waals surface area (Å²) in [7, 11) is 0. The van der Waals surface area contributed by atoms with Gasteiger partial charge >= 0.3 is 5.97 Å². The van der Waals surface area contributed by atoms with Crippen molar-refractivity contribution >= 4 is 5.97 Å². The normalized spacial score (nSPS) is 53.8. The number of fused-ring (bicyclic) bond motifs is 5. The number of hydrogen-bond acceptors (Lipinski definition) is 5. The Hall–Kier alpha value is -0.950.